The number of benzene rings is 1. The molecule has 0 aromatic heterocycles. The molecule has 1 saturated heterocycles. The highest BCUT2D eigenvalue weighted by atomic mass is 35.5. The van der Waals surface area contributed by atoms with Crippen LogP contribution < -0.4 is 10.2 Å². The first-order valence-electron chi connectivity index (χ1n) is 8.23. The van der Waals surface area contributed by atoms with Crippen molar-refractivity contribution in [3.63, 3.8) is 0 Å². The normalized spacial score (nSPS) is 18.5. The third-order valence-corrected chi connectivity index (χ3v) is 4.94. The van der Waals surface area contributed by atoms with Gasteiger partial charge in [0.2, 0.25) is 0 Å². The molecule has 0 spiro atoms. The molecule has 1 aliphatic rings. The molecule has 0 bridgehead atoms. The quantitative estimate of drug-likeness (QED) is 0.778. The highest BCUT2D eigenvalue weighted by Crippen LogP contribution is 2.37. The van der Waals surface area contributed by atoms with Gasteiger partial charge in [-0.15, -0.1) is 0 Å². The van der Waals surface area contributed by atoms with Gasteiger partial charge in [-0.2, -0.15) is 0 Å². The van der Waals surface area contributed by atoms with E-state index in [2.05, 4.69) is 0 Å². The molecule has 0 radical (unpaired) electrons. The molecule has 1 aromatic rings. The lowest BCUT2D eigenvalue weighted by Gasteiger charge is -2.32. The van der Waals surface area contributed by atoms with Crippen molar-refractivity contribution < 1.29 is 18.8 Å². The van der Waals surface area contributed by atoms with Crippen LogP contribution in [0.1, 0.15) is 41.5 Å². The lowest BCUT2D eigenvalue weighted by atomic mass is 9.78. The van der Waals surface area contributed by atoms with Gasteiger partial charge < -0.3 is 18.9 Å². The summed E-state index contributed by atoms with van der Waals surface area (Å²) in [6, 6.07) is 5.12. The number of halogens is 1. The maximum atomic E-state index is 12.3. The summed E-state index contributed by atoms with van der Waals surface area (Å²) in [5, 5.41) is 0.484. The van der Waals surface area contributed by atoms with E-state index in [1.54, 1.807) is 23.1 Å². The Morgan fingerprint density at radius 3 is 2.21 bits per heavy atom. The average molecular weight is 354 g/mol. The summed E-state index contributed by atoms with van der Waals surface area (Å²) in [5.41, 5.74) is -0.298. The van der Waals surface area contributed by atoms with Crippen LogP contribution >= 0.6 is 11.6 Å². The van der Waals surface area contributed by atoms with Crippen LogP contribution in [-0.2, 0) is 9.31 Å². The first-order valence-corrected chi connectivity index (χ1v) is 8.61. The number of hydrogen-bond acceptors (Lipinski definition) is 4. The fourth-order valence-electron chi connectivity index (χ4n) is 2.40. The smallest absolute Gasteiger partial charge is 0.411 e. The molecule has 2 rings (SSSR count). The molecule has 5 nitrogen and oxygen atoms in total. The van der Waals surface area contributed by atoms with Crippen molar-refractivity contribution in [2.75, 3.05) is 13.1 Å². The Hall–Kier alpha value is -1.24. The Labute approximate surface area is 149 Å². The molecule has 0 saturated carbocycles. The van der Waals surface area contributed by atoms with Crippen molar-refractivity contribution in [1.29, 1.82) is 0 Å². The van der Waals surface area contributed by atoms with Crippen LogP contribution in [0.3, 0.4) is 0 Å². The molecule has 132 valence electrons. The van der Waals surface area contributed by atoms with Gasteiger partial charge in [0.25, 0.3) is 0 Å². The fraction of sp³-hybridized carbons (Fsp3) is 0.588. The number of carbonyl (C=O) groups is 1. The lowest BCUT2D eigenvalue weighted by Crippen LogP contribution is -2.41. The molecule has 0 N–H and O–H groups in total. The van der Waals surface area contributed by atoms with Crippen LogP contribution in [-0.4, -0.2) is 42.4 Å². The zero-order chi connectivity index (χ0) is 18.1. The van der Waals surface area contributed by atoms with Gasteiger partial charge >= 0.3 is 13.2 Å². The first-order chi connectivity index (χ1) is 11.1. The molecule has 0 atom stereocenters. The molecule has 0 unspecified atom stereocenters. The zero-order valence-electron chi connectivity index (χ0n) is 15.2. The molecule has 1 heterocycles. The van der Waals surface area contributed by atoms with Gasteiger partial charge in [-0.25, -0.2) is 4.79 Å². The van der Waals surface area contributed by atoms with Crippen LogP contribution in [0.15, 0.2) is 18.2 Å². The number of hydrogen-bond donors (Lipinski definition) is 0. The van der Waals surface area contributed by atoms with Crippen LogP contribution in [0.2, 0.25) is 5.02 Å². The third-order valence-electron chi connectivity index (χ3n) is 4.70. The number of ether oxygens (including phenoxy) is 1. The summed E-state index contributed by atoms with van der Waals surface area (Å²) < 4.78 is 17.7. The highest BCUT2D eigenvalue weighted by Gasteiger charge is 2.52. The summed E-state index contributed by atoms with van der Waals surface area (Å²) in [7, 11) is -0.619. The molecule has 1 amide bonds. The van der Waals surface area contributed by atoms with Crippen LogP contribution in [0.25, 0.3) is 0 Å². The van der Waals surface area contributed by atoms with Crippen LogP contribution in [0.4, 0.5) is 4.79 Å². The van der Waals surface area contributed by atoms with Crippen molar-refractivity contribution in [1.82, 2.24) is 4.90 Å². The second-order valence-electron chi connectivity index (χ2n) is 6.81. The predicted octanol–water partition coefficient (Wildman–Crippen LogP) is 3.48. The van der Waals surface area contributed by atoms with E-state index in [-0.39, 0.29) is 0 Å². The Bertz CT molecular complexity index is 601. The average Bonchev–Trinajstić information content (AvgIpc) is 2.68. The van der Waals surface area contributed by atoms with Crippen molar-refractivity contribution >= 4 is 30.3 Å². The molecule has 0 aliphatic carbocycles. The van der Waals surface area contributed by atoms with E-state index in [4.69, 9.17) is 25.6 Å². The Morgan fingerprint density at radius 2 is 1.71 bits per heavy atom. The minimum Gasteiger partial charge on any atom is -0.411 e. The van der Waals surface area contributed by atoms with E-state index in [0.717, 1.165) is 0 Å². The number of carbonyl (C=O) groups excluding carboxylic acids is 1. The van der Waals surface area contributed by atoms with E-state index in [9.17, 15) is 4.79 Å². The van der Waals surface area contributed by atoms with Gasteiger partial charge in [-0.1, -0.05) is 17.7 Å². The maximum absolute atomic E-state index is 12.3. The third kappa shape index (κ3) is 3.71. The Morgan fingerprint density at radius 1 is 1.17 bits per heavy atom. The first kappa shape index (κ1) is 19.1. The molecular weight excluding hydrogens is 328 g/mol. The molecule has 1 aromatic carbocycles. The second kappa shape index (κ2) is 6.94. The highest BCUT2D eigenvalue weighted by molar-refractivity contribution is 6.63. The molecule has 7 heteroatoms. The molecule has 1 aliphatic heterocycles. The lowest BCUT2D eigenvalue weighted by molar-refractivity contribution is 0.00578. The Kier molecular flexibility index (Phi) is 5.52. The SMILES string of the molecule is CCN(CC)C(=O)Oc1cc(Cl)ccc1B1OC(C)(C)C(C)(C)O1. The van der Waals surface area contributed by atoms with Gasteiger partial charge in [0, 0.05) is 23.6 Å². The summed E-state index contributed by atoms with van der Waals surface area (Å²) >= 11 is 6.08. The monoisotopic (exact) mass is 353 g/mol. The predicted molar refractivity (Wildman–Crippen MR) is 96.1 cm³/mol. The molecule has 1 fully saturated rings. The van der Waals surface area contributed by atoms with Crippen LogP contribution in [0.5, 0.6) is 5.75 Å². The van der Waals surface area contributed by atoms with Gasteiger partial charge in [-0.3, -0.25) is 0 Å². The van der Waals surface area contributed by atoms with E-state index in [1.165, 1.54) is 0 Å². The molecular formula is C17H25BClNO4. The van der Waals surface area contributed by atoms with E-state index < -0.39 is 24.4 Å². The zero-order valence-corrected chi connectivity index (χ0v) is 15.9. The van der Waals surface area contributed by atoms with Gasteiger partial charge in [-0.05, 0) is 53.7 Å². The minimum absolute atomic E-state index is 0.359. The van der Waals surface area contributed by atoms with Gasteiger partial charge in [0.15, 0.2) is 0 Å². The number of amides is 1. The topological polar surface area (TPSA) is 48.0 Å². The largest absolute Gasteiger partial charge is 0.498 e. The maximum Gasteiger partial charge on any atom is 0.498 e. The number of nitrogens with zero attached hydrogens (tertiary/aromatic N) is 1. The summed E-state index contributed by atoms with van der Waals surface area (Å²) in [4.78, 5) is 13.9. The van der Waals surface area contributed by atoms with Crippen molar-refractivity contribution in [2.45, 2.75) is 52.7 Å². The number of rotatable bonds is 4. The summed E-state index contributed by atoms with van der Waals surface area (Å²) in [5.74, 6) is 0.359. The van der Waals surface area contributed by atoms with Crippen molar-refractivity contribution in [2.24, 2.45) is 0 Å². The molecule has 24 heavy (non-hydrogen) atoms. The van der Waals surface area contributed by atoms with E-state index in [0.29, 0.717) is 29.3 Å². The van der Waals surface area contributed by atoms with Crippen molar-refractivity contribution in [3.05, 3.63) is 23.2 Å². The fourth-order valence-corrected chi connectivity index (χ4v) is 2.56. The van der Waals surface area contributed by atoms with E-state index in [1.807, 2.05) is 41.5 Å². The van der Waals surface area contributed by atoms with Crippen molar-refractivity contribution in [3.8, 4) is 5.75 Å². The minimum atomic E-state index is -0.619. The standard InChI is InChI=1S/C17H25BClNO4/c1-7-20(8-2)15(21)22-14-11-12(19)9-10-13(14)18-23-16(3,4)17(5,6)24-18/h9-11H,7-8H2,1-6H3. The van der Waals surface area contributed by atoms with Crippen LogP contribution in [0, 0.1) is 0 Å². The van der Waals surface area contributed by atoms with Gasteiger partial charge in [0.1, 0.15) is 5.75 Å². The van der Waals surface area contributed by atoms with Gasteiger partial charge in [0.05, 0.1) is 11.2 Å². The Balaban J connectivity index is 2.31. The second-order valence-corrected chi connectivity index (χ2v) is 7.25. The summed E-state index contributed by atoms with van der Waals surface area (Å²) in [6.45, 7) is 12.9. The van der Waals surface area contributed by atoms with E-state index >= 15 is 0 Å². The summed E-state index contributed by atoms with van der Waals surface area (Å²) in [6.07, 6.45) is -0.417.